The Morgan fingerprint density at radius 2 is 1.88 bits per heavy atom. The van der Waals surface area contributed by atoms with Crippen LogP contribution in [0.1, 0.15) is 50.7 Å². The molecule has 0 aliphatic rings. The zero-order valence-electron chi connectivity index (χ0n) is 14.7. The second kappa shape index (κ2) is 8.51. The van der Waals surface area contributed by atoms with Crippen molar-refractivity contribution in [3.05, 3.63) is 35.4 Å². The van der Waals surface area contributed by atoms with E-state index in [1.807, 2.05) is 13.8 Å². The molecular weight excluding hydrogens is 317 g/mol. The van der Waals surface area contributed by atoms with Crippen LogP contribution in [0.2, 0.25) is 0 Å². The number of alkyl halides is 3. The Balaban J connectivity index is 2.63. The van der Waals surface area contributed by atoms with Crippen molar-refractivity contribution < 1.29 is 18.0 Å². The Kier molecular flexibility index (Phi) is 7.27. The van der Waals surface area contributed by atoms with E-state index < -0.39 is 11.7 Å². The molecular formula is C18H27F3N2O. The second-order valence-electron chi connectivity index (χ2n) is 6.74. The van der Waals surface area contributed by atoms with Gasteiger partial charge in [0.2, 0.25) is 5.91 Å². The lowest BCUT2D eigenvalue weighted by Crippen LogP contribution is -2.35. The molecule has 2 unspecified atom stereocenters. The van der Waals surface area contributed by atoms with Crippen molar-refractivity contribution in [1.82, 2.24) is 4.90 Å². The minimum absolute atomic E-state index is 0.0288. The molecule has 0 saturated heterocycles. The lowest BCUT2D eigenvalue weighted by molar-refractivity contribution is -0.137. The summed E-state index contributed by atoms with van der Waals surface area (Å²) in [5.74, 6) is -0.0191. The predicted molar refractivity (Wildman–Crippen MR) is 89.5 cm³/mol. The smallest absolute Gasteiger partial charge is 0.346 e. The monoisotopic (exact) mass is 344 g/mol. The van der Waals surface area contributed by atoms with Crippen LogP contribution >= 0.6 is 0 Å². The number of hydrogen-bond acceptors (Lipinski definition) is 2. The van der Waals surface area contributed by atoms with Gasteiger partial charge in [-0.05, 0) is 29.9 Å². The molecule has 3 nitrogen and oxygen atoms in total. The van der Waals surface area contributed by atoms with Crippen LogP contribution in [-0.4, -0.2) is 30.4 Å². The van der Waals surface area contributed by atoms with Gasteiger partial charge in [0.15, 0.2) is 0 Å². The topological polar surface area (TPSA) is 46.3 Å². The summed E-state index contributed by atoms with van der Waals surface area (Å²) in [6.45, 7) is 6.37. The van der Waals surface area contributed by atoms with Gasteiger partial charge in [-0.3, -0.25) is 4.79 Å². The van der Waals surface area contributed by atoms with Gasteiger partial charge in [0.05, 0.1) is 5.56 Å². The molecule has 0 fully saturated rings. The van der Waals surface area contributed by atoms with E-state index in [0.717, 1.165) is 12.1 Å². The molecule has 1 aromatic rings. The highest BCUT2D eigenvalue weighted by molar-refractivity contribution is 5.76. The maximum atomic E-state index is 12.8. The third-order valence-electron chi connectivity index (χ3n) is 4.34. The van der Waals surface area contributed by atoms with Crippen molar-refractivity contribution in [3.63, 3.8) is 0 Å². The standard InChI is InChI=1S/C18H27F3N2O/c1-12(2)16(22)8-9-23(4)17(24)10-13(3)14-6-5-7-15(11-14)18(19,20)21/h5-7,11-13,16H,8-10,22H2,1-4H3. The summed E-state index contributed by atoms with van der Waals surface area (Å²) >= 11 is 0. The normalized spacial score (nSPS) is 14.5. The van der Waals surface area contributed by atoms with E-state index in [9.17, 15) is 18.0 Å². The fourth-order valence-electron chi connectivity index (χ4n) is 2.36. The Hall–Kier alpha value is -1.56. The third-order valence-corrected chi connectivity index (χ3v) is 4.34. The van der Waals surface area contributed by atoms with Crippen LogP contribution in [0.3, 0.4) is 0 Å². The van der Waals surface area contributed by atoms with Gasteiger partial charge in [0.1, 0.15) is 0 Å². The number of carbonyl (C=O) groups excluding carboxylic acids is 1. The zero-order chi connectivity index (χ0) is 18.5. The molecule has 0 aliphatic carbocycles. The number of hydrogen-bond donors (Lipinski definition) is 1. The summed E-state index contributed by atoms with van der Waals surface area (Å²) in [6.07, 6.45) is -3.49. The van der Waals surface area contributed by atoms with Crippen molar-refractivity contribution in [2.75, 3.05) is 13.6 Å². The summed E-state index contributed by atoms with van der Waals surface area (Å²) in [5, 5.41) is 0. The molecule has 1 aromatic carbocycles. The first-order valence-corrected chi connectivity index (χ1v) is 8.19. The van der Waals surface area contributed by atoms with Crippen molar-refractivity contribution in [2.45, 2.75) is 51.7 Å². The minimum Gasteiger partial charge on any atom is -0.346 e. The highest BCUT2D eigenvalue weighted by Crippen LogP contribution is 2.31. The van der Waals surface area contributed by atoms with Crippen molar-refractivity contribution in [1.29, 1.82) is 0 Å². The first-order chi connectivity index (χ1) is 11.0. The fourth-order valence-corrected chi connectivity index (χ4v) is 2.36. The number of nitrogens with two attached hydrogens (primary N) is 1. The molecule has 0 bridgehead atoms. The van der Waals surface area contributed by atoms with E-state index in [2.05, 4.69) is 0 Å². The van der Waals surface area contributed by atoms with Crippen LogP contribution in [0.15, 0.2) is 24.3 Å². The lowest BCUT2D eigenvalue weighted by atomic mass is 9.95. The third kappa shape index (κ3) is 6.15. The van der Waals surface area contributed by atoms with Gasteiger partial charge >= 0.3 is 6.18 Å². The number of halogens is 3. The van der Waals surface area contributed by atoms with E-state index in [1.165, 1.54) is 6.07 Å². The molecule has 1 rings (SSSR count). The molecule has 0 spiro atoms. The van der Waals surface area contributed by atoms with Gasteiger partial charge in [0, 0.05) is 26.1 Å². The van der Waals surface area contributed by atoms with Gasteiger partial charge in [-0.1, -0.05) is 39.0 Å². The Bertz CT molecular complexity index is 543. The minimum atomic E-state index is -4.37. The molecule has 0 saturated carbocycles. The molecule has 0 radical (unpaired) electrons. The molecule has 2 N–H and O–H groups in total. The average molecular weight is 344 g/mol. The maximum Gasteiger partial charge on any atom is 0.416 e. The maximum absolute atomic E-state index is 12.8. The molecule has 24 heavy (non-hydrogen) atoms. The highest BCUT2D eigenvalue weighted by Gasteiger charge is 2.30. The largest absolute Gasteiger partial charge is 0.416 e. The van der Waals surface area contributed by atoms with Gasteiger partial charge in [0.25, 0.3) is 0 Å². The molecule has 0 aromatic heterocycles. The number of nitrogens with zero attached hydrogens (tertiary/aromatic N) is 1. The molecule has 6 heteroatoms. The summed E-state index contributed by atoms with van der Waals surface area (Å²) < 4.78 is 38.3. The second-order valence-corrected chi connectivity index (χ2v) is 6.74. The van der Waals surface area contributed by atoms with Crippen LogP contribution in [0, 0.1) is 5.92 Å². The van der Waals surface area contributed by atoms with Crippen molar-refractivity contribution in [3.8, 4) is 0 Å². The van der Waals surface area contributed by atoms with Gasteiger partial charge in [-0.15, -0.1) is 0 Å². The van der Waals surface area contributed by atoms with Gasteiger partial charge < -0.3 is 10.6 Å². The molecule has 0 aliphatic heterocycles. The van der Waals surface area contributed by atoms with Crippen LogP contribution in [-0.2, 0) is 11.0 Å². The number of amides is 1. The Morgan fingerprint density at radius 1 is 1.25 bits per heavy atom. The average Bonchev–Trinajstić information content (AvgIpc) is 2.51. The summed E-state index contributed by atoms with van der Waals surface area (Å²) in [7, 11) is 1.70. The van der Waals surface area contributed by atoms with Crippen molar-refractivity contribution in [2.24, 2.45) is 11.7 Å². The molecule has 136 valence electrons. The highest BCUT2D eigenvalue weighted by atomic mass is 19.4. The first kappa shape index (κ1) is 20.5. The fraction of sp³-hybridized carbons (Fsp3) is 0.611. The quantitative estimate of drug-likeness (QED) is 0.812. The van der Waals surface area contributed by atoms with E-state index >= 15 is 0 Å². The zero-order valence-corrected chi connectivity index (χ0v) is 14.7. The Morgan fingerprint density at radius 3 is 2.42 bits per heavy atom. The molecule has 2 atom stereocenters. The van der Waals surface area contributed by atoms with Crippen LogP contribution < -0.4 is 5.73 Å². The Labute approximate surface area is 142 Å². The first-order valence-electron chi connectivity index (χ1n) is 8.19. The van der Waals surface area contributed by atoms with E-state index in [4.69, 9.17) is 5.73 Å². The lowest BCUT2D eigenvalue weighted by Gasteiger charge is -2.23. The SMILES string of the molecule is CC(CC(=O)N(C)CCC(N)C(C)C)c1cccc(C(F)(F)F)c1. The summed E-state index contributed by atoms with van der Waals surface area (Å²) in [6, 6.07) is 5.19. The van der Waals surface area contributed by atoms with Crippen LogP contribution in [0.5, 0.6) is 0 Å². The number of carbonyl (C=O) groups is 1. The number of rotatable bonds is 7. The van der Waals surface area contributed by atoms with Gasteiger partial charge in [-0.2, -0.15) is 13.2 Å². The van der Waals surface area contributed by atoms with E-state index in [1.54, 1.807) is 24.9 Å². The van der Waals surface area contributed by atoms with Crippen LogP contribution in [0.4, 0.5) is 13.2 Å². The predicted octanol–water partition coefficient (Wildman–Crippen LogP) is 4.03. The van der Waals surface area contributed by atoms with Gasteiger partial charge in [-0.25, -0.2) is 0 Å². The van der Waals surface area contributed by atoms with Crippen molar-refractivity contribution >= 4 is 5.91 Å². The summed E-state index contributed by atoms with van der Waals surface area (Å²) in [5.41, 5.74) is 5.80. The van der Waals surface area contributed by atoms with E-state index in [0.29, 0.717) is 24.4 Å². The number of benzene rings is 1. The summed E-state index contributed by atoms with van der Waals surface area (Å²) in [4.78, 5) is 13.9. The van der Waals surface area contributed by atoms with Crippen LogP contribution in [0.25, 0.3) is 0 Å². The molecule has 1 amide bonds. The molecule has 0 heterocycles. The van der Waals surface area contributed by atoms with E-state index in [-0.39, 0.29) is 24.3 Å².